The minimum atomic E-state index is 0.271. The maximum Gasteiger partial charge on any atom is 0.0406 e. The molecule has 0 heterocycles. The van der Waals surface area contributed by atoms with Crippen LogP contribution in [0.5, 0.6) is 0 Å². The summed E-state index contributed by atoms with van der Waals surface area (Å²) in [5, 5.41) is 4.92. The Hall–Kier alpha value is -0.530. The standard InChI is InChI=1S/C9H11ClN/c1-7(11-2)8-3-5-9(10)6-4-8/h3-7H,1-2H3/q-1. The lowest BCUT2D eigenvalue weighted by Crippen LogP contribution is -1.88. The highest BCUT2D eigenvalue weighted by Crippen LogP contribution is 2.20. The SMILES string of the molecule is C[N-]C(C)c1ccc(Cl)cc1. The van der Waals surface area contributed by atoms with Crippen molar-refractivity contribution in [2.45, 2.75) is 13.0 Å². The maximum absolute atomic E-state index is 5.73. The second-order valence-corrected chi connectivity index (χ2v) is 2.92. The summed E-state index contributed by atoms with van der Waals surface area (Å²) in [5.74, 6) is 0. The van der Waals surface area contributed by atoms with Crippen molar-refractivity contribution in [1.82, 2.24) is 0 Å². The van der Waals surface area contributed by atoms with Crippen LogP contribution in [0.3, 0.4) is 0 Å². The molecule has 1 aromatic carbocycles. The monoisotopic (exact) mass is 168 g/mol. The third kappa shape index (κ3) is 2.21. The van der Waals surface area contributed by atoms with Crippen LogP contribution in [0, 0.1) is 0 Å². The lowest BCUT2D eigenvalue weighted by molar-refractivity contribution is 0.916. The van der Waals surface area contributed by atoms with E-state index >= 15 is 0 Å². The largest absolute Gasteiger partial charge is 0.659 e. The van der Waals surface area contributed by atoms with Crippen molar-refractivity contribution in [3.63, 3.8) is 0 Å². The molecular formula is C9H11ClN-. The molecule has 0 aromatic heterocycles. The lowest BCUT2D eigenvalue weighted by Gasteiger charge is -2.23. The first-order valence-electron chi connectivity index (χ1n) is 3.58. The van der Waals surface area contributed by atoms with Crippen LogP contribution in [-0.4, -0.2) is 7.05 Å². The first-order chi connectivity index (χ1) is 5.24. The van der Waals surface area contributed by atoms with E-state index in [9.17, 15) is 0 Å². The molecule has 11 heavy (non-hydrogen) atoms. The van der Waals surface area contributed by atoms with Gasteiger partial charge in [-0.25, -0.2) is 0 Å². The number of rotatable bonds is 2. The van der Waals surface area contributed by atoms with Gasteiger partial charge >= 0.3 is 0 Å². The minimum absolute atomic E-state index is 0.271. The predicted octanol–water partition coefficient (Wildman–Crippen LogP) is 3.40. The van der Waals surface area contributed by atoms with E-state index in [1.807, 2.05) is 31.3 Å². The van der Waals surface area contributed by atoms with Crippen molar-refractivity contribution in [1.29, 1.82) is 0 Å². The van der Waals surface area contributed by atoms with E-state index in [1.54, 1.807) is 0 Å². The number of hydrogen-bond acceptors (Lipinski definition) is 0. The number of halogens is 1. The van der Waals surface area contributed by atoms with Crippen molar-refractivity contribution in [3.05, 3.63) is 40.2 Å². The summed E-state index contributed by atoms with van der Waals surface area (Å²) in [6.45, 7) is 2.06. The van der Waals surface area contributed by atoms with Crippen LogP contribution in [0.2, 0.25) is 5.02 Å². The van der Waals surface area contributed by atoms with E-state index in [1.165, 1.54) is 5.56 Å². The van der Waals surface area contributed by atoms with Crippen LogP contribution in [-0.2, 0) is 0 Å². The van der Waals surface area contributed by atoms with E-state index in [2.05, 4.69) is 12.2 Å². The van der Waals surface area contributed by atoms with Gasteiger partial charge in [0.1, 0.15) is 0 Å². The Morgan fingerprint density at radius 2 is 1.82 bits per heavy atom. The van der Waals surface area contributed by atoms with Crippen LogP contribution < -0.4 is 0 Å². The Kier molecular flexibility index (Phi) is 2.92. The molecule has 1 unspecified atom stereocenters. The van der Waals surface area contributed by atoms with E-state index in [-0.39, 0.29) is 6.04 Å². The molecule has 1 atom stereocenters. The van der Waals surface area contributed by atoms with Gasteiger partial charge in [0.2, 0.25) is 0 Å². The number of hydrogen-bond donors (Lipinski definition) is 0. The Morgan fingerprint density at radius 3 is 2.27 bits per heavy atom. The van der Waals surface area contributed by atoms with Gasteiger partial charge in [-0.1, -0.05) is 36.2 Å². The molecule has 0 radical (unpaired) electrons. The Balaban J connectivity index is 2.81. The van der Waals surface area contributed by atoms with Crippen LogP contribution >= 0.6 is 11.6 Å². The van der Waals surface area contributed by atoms with Gasteiger partial charge in [0.15, 0.2) is 0 Å². The molecule has 0 saturated heterocycles. The Bertz CT molecular complexity index is 218. The average molecular weight is 169 g/mol. The molecule has 0 aliphatic heterocycles. The van der Waals surface area contributed by atoms with Gasteiger partial charge in [0.25, 0.3) is 0 Å². The number of benzene rings is 1. The Labute approximate surface area is 72.4 Å². The van der Waals surface area contributed by atoms with Crippen molar-refractivity contribution >= 4 is 11.6 Å². The van der Waals surface area contributed by atoms with Crippen molar-refractivity contribution in [2.75, 3.05) is 7.05 Å². The zero-order valence-electron chi connectivity index (χ0n) is 6.71. The average Bonchev–Trinajstić information content (AvgIpc) is 2.05. The summed E-state index contributed by atoms with van der Waals surface area (Å²) < 4.78 is 0. The zero-order chi connectivity index (χ0) is 8.27. The number of nitrogens with zero attached hydrogens (tertiary/aromatic N) is 1. The van der Waals surface area contributed by atoms with Gasteiger partial charge in [-0.05, 0) is 12.1 Å². The van der Waals surface area contributed by atoms with Gasteiger partial charge in [0.05, 0.1) is 0 Å². The van der Waals surface area contributed by atoms with E-state index in [0.29, 0.717) is 0 Å². The molecule has 60 valence electrons. The molecule has 2 heteroatoms. The summed E-state index contributed by atoms with van der Waals surface area (Å²) in [6.07, 6.45) is 0. The normalized spacial score (nSPS) is 13.0. The molecular weight excluding hydrogens is 158 g/mol. The highest BCUT2D eigenvalue weighted by Gasteiger charge is 1.92. The van der Waals surface area contributed by atoms with Crippen LogP contribution in [0.15, 0.2) is 24.3 Å². The lowest BCUT2D eigenvalue weighted by atomic mass is 10.1. The van der Waals surface area contributed by atoms with Gasteiger partial charge in [-0.3, -0.25) is 0 Å². The van der Waals surface area contributed by atoms with Crippen molar-refractivity contribution in [2.24, 2.45) is 0 Å². The van der Waals surface area contributed by atoms with E-state index in [4.69, 9.17) is 11.6 Å². The van der Waals surface area contributed by atoms with Crippen LogP contribution in [0.4, 0.5) is 0 Å². The fourth-order valence-corrected chi connectivity index (χ4v) is 1.02. The van der Waals surface area contributed by atoms with Crippen molar-refractivity contribution in [3.8, 4) is 0 Å². The molecule has 0 aliphatic carbocycles. The highest BCUT2D eigenvalue weighted by molar-refractivity contribution is 6.30. The topological polar surface area (TPSA) is 14.1 Å². The second kappa shape index (κ2) is 3.74. The van der Waals surface area contributed by atoms with E-state index < -0.39 is 0 Å². The summed E-state index contributed by atoms with van der Waals surface area (Å²) in [4.78, 5) is 0. The summed E-state index contributed by atoms with van der Waals surface area (Å²) in [6, 6.07) is 8.05. The smallest absolute Gasteiger partial charge is 0.0406 e. The molecule has 1 rings (SSSR count). The van der Waals surface area contributed by atoms with Gasteiger partial charge in [-0.15, -0.1) is 6.04 Å². The molecule has 0 aliphatic rings. The van der Waals surface area contributed by atoms with Gasteiger partial charge in [0, 0.05) is 5.02 Å². The summed E-state index contributed by atoms with van der Waals surface area (Å²) in [5.41, 5.74) is 1.21. The first kappa shape index (κ1) is 8.57. The first-order valence-corrected chi connectivity index (χ1v) is 3.96. The molecule has 1 nitrogen and oxygen atoms in total. The second-order valence-electron chi connectivity index (χ2n) is 2.49. The van der Waals surface area contributed by atoms with Crippen LogP contribution in [0.1, 0.15) is 18.5 Å². The Morgan fingerprint density at radius 1 is 1.27 bits per heavy atom. The minimum Gasteiger partial charge on any atom is -0.659 e. The summed E-state index contributed by atoms with van der Waals surface area (Å²) in [7, 11) is 1.82. The molecule has 0 saturated carbocycles. The maximum atomic E-state index is 5.73. The van der Waals surface area contributed by atoms with Gasteiger partial charge in [-0.2, -0.15) is 7.05 Å². The van der Waals surface area contributed by atoms with E-state index in [0.717, 1.165) is 5.02 Å². The molecule has 0 spiro atoms. The molecule has 1 aromatic rings. The molecule has 0 fully saturated rings. The van der Waals surface area contributed by atoms with Crippen molar-refractivity contribution < 1.29 is 0 Å². The third-order valence-electron chi connectivity index (χ3n) is 1.74. The molecule has 0 bridgehead atoms. The highest BCUT2D eigenvalue weighted by atomic mass is 35.5. The van der Waals surface area contributed by atoms with Gasteiger partial charge < -0.3 is 5.32 Å². The zero-order valence-corrected chi connectivity index (χ0v) is 7.47. The van der Waals surface area contributed by atoms with Crippen LogP contribution in [0.25, 0.3) is 5.32 Å². The molecule has 0 amide bonds. The third-order valence-corrected chi connectivity index (χ3v) is 1.99. The fourth-order valence-electron chi connectivity index (χ4n) is 0.890. The predicted molar refractivity (Wildman–Crippen MR) is 49.2 cm³/mol. The quantitative estimate of drug-likeness (QED) is 0.643. The molecule has 0 N–H and O–H groups in total. The summed E-state index contributed by atoms with van der Waals surface area (Å²) >= 11 is 5.73. The fraction of sp³-hybridized carbons (Fsp3) is 0.333.